The van der Waals surface area contributed by atoms with Crippen molar-refractivity contribution in [3.05, 3.63) is 47.5 Å². The first-order valence-corrected chi connectivity index (χ1v) is 7.54. The average molecular weight is 320 g/mol. The Balaban J connectivity index is 1.87. The van der Waals surface area contributed by atoms with Gasteiger partial charge >= 0.3 is 0 Å². The Morgan fingerprint density at radius 2 is 2.04 bits per heavy atom. The average Bonchev–Trinajstić information content (AvgIpc) is 2.92. The summed E-state index contributed by atoms with van der Waals surface area (Å²) in [5.74, 6) is 0.647. The van der Waals surface area contributed by atoms with Crippen molar-refractivity contribution in [3.63, 3.8) is 0 Å². The van der Waals surface area contributed by atoms with E-state index < -0.39 is 0 Å². The number of rotatable bonds is 7. The van der Waals surface area contributed by atoms with Gasteiger partial charge in [-0.2, -0.15) is 0 Å². The lowest BCUT2D eigenvalue weighted by molar-refractivity contribution is -0.124. The van der Waals surface area contributed by atoms with Crippen LogP contribution in [0.1, 0.15) is 25.2 Å². The van der Waals surface area contributed by atoms with Gasteiger partial charge in [-0.25, -0.2) is 4.39 Å². The third-order valence-electron chi connectivity index (χ3n) is 3.48. The second-order valence-electron chi connectivity index (χ2n) is 5.81. The molecule has 23 heavy (non-hydrogen) atoms. The molecule has 0 radical (unpaired) electrons. The molecule has 0 unspecified atom stereocenters. The molecular weight excluding hydrogens is 299 g/mol. The third kappa shape index (κ3) is 5.39. The van der Waals surface area contributed by atoms with Gasteiger partial charge in [0, 0.05) is 12.1 Å². The lowest BCUT2D eigenvalue weighted by Crippen LogP contribution is -2.42. The number of hydrogen-bond donors (Lipinski definition) is 1. The van der Waals surface area contributed by atoms with Crippen LogP contribution in [0, 0.1) is 18.7 Å². The number of aryl methyl sites for hydroxylation is 1. The van der Waals surface area contributed by atoms with E-state index in [1.807, 2.05) is 13.8 Å². The van der Waals surface area contributed by atoms with Crippen LogP contribution in [-0.4, -0.2) is 23.7 Å². The maximum atomic E-state index is 13.0. The first-order valence-electron chi connectivity index (χ1n) is 7.54. The van der Waals surface area contributed by atoms with Gasteiger partial charge in [-0.05, 0) is 42.1 Å². The molecule has 1 amide bonds. The van der Waals surface area contributed by atoms with Gasteiger partial charge < -0.3 is 14.6 Å². The van der Waals surface area contributed by atoms with Gasteiger partial charge in [-0.3, -0.25) is 4.79 Å². The van der Waals surface area contributed by atoms with Crippen molar-refractivity contribution in [2.75, 3.05) is 6.61 Å². The molecule has 1 aromatic heterocycles. The van der Waals surface area contributed by atoms with Gasteiger partial charge in [-0.15, -0.1) is 0 Å². The smallest absolute Gasteiger partial charge is 0.258 e. The minimum absolute atomic E-state index is 0.0596. The Morgan fingerprint density at radius 3 is 2.61 bits per heavy atom. The number of ether oxygens (including phenoxy) is 1. The molecule has 2 rings (SSSR count). The first-order chi connectivity index (χ1) is 10.9. The van der Waals surface area contributed by atoms with Crippen LogP contribution in [0.3, 0.4) is 0 Å². The van der Waals surface area contributed by atoms with Gasteiger partial charge in [0.15, 0.2) is 6.61 Å². The highest BCUT2D eigenvalue weighted by molar-refractivity contribution is 5.77. The molecule has 0 spiro atoms. The number of hydrogen-bond acceptors (Lipinski definition) is 4. The summed E-state index contributed by atoms with van der Waals surface area (Å²) in [4.78, 5) is 12.0. The maximum absolute atomic E-state index is 13.0. The van der Waals surface area contributed by atoms with Crippen LogP contribution in [0.15, 0.2) is 34.9 Å². The number of aromatic nitrogens is 1. The topological polar surface area (TPSA) is 64.4 Å². The zero-order valence-corrected chi connectivity index (χ0v) is 13.5. The molecule has 2 aromatic rings. The first kappa shape index (κ1) is 17.0. The second-order valence-corrected chi connectivity index (χ2v) is 5.81. The summed E-state index contributed by atoms with van der Waals surface area (Å²) in [6.45, 7) is 5.67. The van der Waals surface area contributed by atoms with Gasteiger partial charge in [-0.1, -0.05) is 26.0 Å². The van der Waals surface area contributed by atoms with Crippen molar-refractivity contribution >= 4 is 5.91 Å². The summed E-state index contributed by atoms with van der Waals surface area (Å²) in [6, 6.07) is 7.85. The predicted octanol–water partition coefficient (Wildman–Crippen LogP) is 2.88. The van der Waals surface area contributed by atoms with Crippen molar-refractivity contribution in [2.45, 2.75) is 33.2 Å². The Hall–Kier alpha value is -2.37. The Bertz CT molecular complexity index is 638. The van der Waals surface area contributed by atoms with E-state index in [1.165, 1.54) is 12.1 Å². The highest BCUT2D eigenvalue weighted by atomic mass is 19.1. The fourth-order valence-corrected chi connectivity index (χ4v) is 2.13. The summed E-state index contributed by atoms with van der Waals surface area (Å²) >= 11 is 0. The molecule has 1 atom stereocenters. The summed E-state index contributed by atoms with van der Waals surface area (Å²) in [7, 11) is 0. The molecule has 1 heterocycles. The van der Waals surface area contributed by atoms with Gasteiger partial charge in [0.2, 0.25) is 0 Å². The van der Waals surface area contributed by atoms with Crippen molar-refractivity contribution in [3.8, 4) is 5.88 Å². The van der Waals surface area contributed by atoms with Gasteiger partial charge in [0.25, 0.3) is 11.8 Å². The van der Waals surface area contributed by atoms with Crippen LogP contribution in [-0.2, 0) is 11.2 Å². The lowest BCUT2D eigenvalue weighted by Gasteiger charge is -2.22. The van der Waals surface area contributed by atoms with Crippen molar-refractivity contribution < 1.29 is 18.4 Å². The van der Waals surface area contributed by atoms with E-state index in [1.54, 1.807) is 25.1 Å². The van der Waals surface area contributed by atoms with Crippen LogP contribution in [0.5, 0.6) is 5.88 Å². The molecule has 5 nitrogen and oxygen atoms in total. The maximum Gasteiger partial charge on any atom is 0.258 e. The summed E-state index contributed by atoms with van der Waals surface area (Å²) in [6.07, 6.45) is 0.632. The predicted molar refractivity (Wildman–Crippen MR) is 83.6 cm³/mol. The third-order valence-corrected chi connectivity index (χ3v) is 3.48. The Labute approximate surface area is 134 Å². The molecule has 124 valence electrons. The molecule has 0 fully saturated rings. The highest BCUT2D eigenvalue weighted by Gasteiger charge is 2.17. The Kier molecular flexibility index (Phi) is 5.73. The van der Waals surface area contributed by atoms with Crippen LogP contribution < -0.4 is 10.1 Å². The van der Waals surface area contributed by atoms with E-state index in [-0.39, 0.29) is 36.2 Å². The molecule has 0 saturated carbocycles. The zero-order chi connectivity index (χ0) is 16.8. The van der Waals surface area contributed by atoms with Crippen LogP contribution >= 0.6 is 0 Å². The number of carbonyl (C=O) groups is 1. The monoisotopic (exact) mass is 320 g/mol. The van der Waals surface area contributed by atoms with E-state index >= 15 is 0 Å². The van der Waals surface area contributed by atoms with Crippen molar-refractivity contribution in [1.82, 2.24) is 10.5 Å². The van der Waals surface area contributed by atoms with Gasteiger partial charge in [0.05, 0.1) is 0 Å². The summed E-state index contributed by atoms with van der Waals surface area (Å²) in [5, 5.41) is 6.61. The number of nitrogens with zero attached hydrogens (tertiary/aromatic N) is 1. The molecule has 0 aliphatic heterocycles. The molecule has 1 aromatic carbocycles. The van der Waals surface area contributed by atoms with Gasteiger partial charge in [0.1, 0.15) is 11.6 Å². The number of halogens is 1. The number of amides is 1. The summed E-state index contributed by atoms with van der Waals surface area (Å²) < 4.78 is 23.1. The van der Waals surface area contributed by atoms with E-state index in [4.69, 9.17) is 9.26 Å². The molecule has 6 heteroatoms. The lowest BCUT2D eigenvalue weighted by atomic mass is 9.96. The van der Waals surface area contributed by atoms with Crippen LogP contribution in [0.2, 0.25) is 0 Å². The van der Waals surface area contributed by atoms with Crippen LogP contribution in [0.4, 0.5) is 4.39 Å². The summed E-state index contributed by atoms with van der Waals surface area (Å²) in [5.41, 5.74) is 0.971. The normalized spacial score (nSPS) is 12.2. The largest absolute Gasteiger partial charge is 0.465 e. The molecule has 0 bridgehead atoms. The number of nitrogens with one attached hydrogen (secondary N) is 1. The van der Waals surface area contributed by atoms with Crippen LogP contribution in [0.25, 0.3) is 0 Å². The minimum Gasteiger partial charge on any atom is -0.465 e. The van der Waals surface area contributed by atoms with Crippen molar-refractivity contribution in [2.24, 2.45) is 5.92 Å². The fraction of sp³-hybridized carbons (Fsp3) is 0.412. The molecule has 0 saturated heterocycles. The van der Waals surface area contributed by atoms with E-state index in [0.29, 0.717) is 12.2 Å². The fourth-order valence-electron chi connectivity index (χ4n) is 2.13. The molecule has 0 aliphatic carbocycles. The number of carbonyl (C=O) groups excluding carboxylic acids is 1. The van der Waals surface area contributed by atoms with E-state index in [9.17, 15) is 9.18 Å². The number of benzene rings is 1. The molecule has 1 N–H and O–H groups in total. The van der Waals surface area contributed by atoms with E-state index in [2.05, 4.69) is 10.5 Å². The molecular formula is C17H21FN2O3. The standard InChI is InChI=1S/C17H21FN2O3/c1-11(2)15(9-13-4-6-14(18)7-5-13)19-16(21)10-22-17-8-12(3)23-20-17/h4-8,11,15H,9-10H2,1-3H3,(H,19,21)/t15-/m0/s1. The second kappa shape index (κ2) is 7.76. The van der Waals surface area contributed by atoms with Crippen molar-refractivity contribution in [1.29, 1.82) is 0 Å². The zero-order valence-electron chi connectivity index (χ0n) is 13.5. The molecule has 0 aliphatic rings. The van der Waals surface area contributed by atoms with E-state index in [0.717, 1.165) is 5.56 Å². The Morgan fingerprint density at radius 1 is 1.35 bits per heavy atom. The SMILES string of the molecule is Cc1cc(OCC(=O)N[C@@H](Cc2ccc(F)cc2)C(C)C)no1. The quantitative estimate of drug-likeness (QED) is 0.852. The minimum atomic E-state index is -0.268. The highest BCUT2D eigenvalue weighted by Crippen LogP contribution is 2.12.